The Bertz CT molecular complexity index is 439. The second-order valence-electron chi connectivity index (χ2n) is 5.06. The monoisotopic (exact) mass is 250 g/mol. The third-order valence-electron chi connectivity index (χ3n) is 3.48. The van der Waals surface area contributed by atoms with E-state index in [0.717, 1.165) is 25.9 Å². The first-order valence-corrected chi connectivity index (χ1v) is 6.38. The van der Waals surface area contributed by atoms with Gasteiger partial charge in [0.25, 0.3) is 0 Å². The third-order valence-corrected chi connectivity index (χ3v) is 3.48. The zero-order valence-electron chi connectivity index (χ0n) is 10.9. The topological polar surface area (TPSA) is 32.3 Å². The second-order valence-corrected chi connectivity index (χ2v) is 5.06. The maximum Gasteiger partial charge on any atom is 0.321 e. The van der Waals surface area contributed by atoms with Gasteiger partial charge in [-0.3, -0.25) is 0 Å². The highest BCUT2D eigenvalue weighted by molar-refractivity contribution is 5.89. The van der Waals surface area contributed by atoms with Crippen molar-refractivity contribution in [3.63, 3.8) is 0 Å². The maximum atomic E-state index is 13.1. The first-order valence-electron chi connectivity index (χ1n) is 6.38. The maximum absolute atomic E-state index is 13.1. The van der Waals surface area contributed by atoms with Crippen LogP contribution < -0.4 is 5.32 Å². The van der Waals surface area contributed by atoms with E-state index >= 15 is 0 Å². The molecule has 0 atom stereocenters. The summed E-state index contributed by atoms with van der Waals surface area (Å²) in [6.07, 6.45) is 2.10. The number of aryl methyl sites for hydroxylation is 1. The third kappa shape index (κ3) is 3.00. The molecular formula is C14H19FN2O. The average Bonchev–Trinajstić information content (AvgIpc) is 2.34. The predicted molar refractivity (Wildman–Crippen MR) is 70.1 cm³/mol. The normalized spacial score (nSPS) is 16.7. The van der Waals surface area contributed by atoms with Crippen LogP contribution in [-0.2, 0) is 0 Å². The quantitative estimate of drug-likeness (QED) is 0.814. The molecule has 0 aromatic heterocycles. The fraction of sp³-hybridized carbons (Fsp3) is 0.500. The van der Waals surface area contributed by atoms with Crippen molar-refractivity contribution in [1.82, 2.24) is 4.90 Å². The Morgan fingerprint density at radius 2 is 2.06 bits per heavy atom. The van der Waals surface area contributed by atoms with E-state index in [0.29, 0.717) is 17.2 Å². The van der Waals surface area contributed by atoms with Gasteiger partial charge in [-0.15, -0.1) is 0 Å². The number of likely N-dealkylation sites (tertiary alicyclic amines) is 1. The molecule has 1 N–H and O–H groups in total. The van der Waals surface area contributed by atoms with E-state index in [1.165, 1.54) is 6.07 Å². The first kappa shape index (κ1) is 12.9. The average molecular weight is 250 g/mol. The van der Waals surface area contributed by atoms with Gasteiger partial charge in [-0.2, -0.15) is 0 Å². The molecule has 2 rings (SSSR count). The van der Waals surface area contributed by atoms with Crippen LogP contribution in [0.25, 0.3) is 0 Å². The number of rotatable bonds is 1. The van der Waals surface area contributed by atoms with E-state index < -0.39 is 0 Å². The van der Waals surface area contributed by atoms with Crippen LogP contribution in [0.5, 0.6) is 0 Å². The molecule has 1 fully saturated rings. The van der Waals surface area contributed by atoms with Gasteiger partial charge in [0.1, 0.15) is 5.82 Å². The van der Waals surface area contributed by atoms with E-state index in [2.05, 4.69) is 12.2 Å². The van der Waals surface area contributed by atoms with Gasteiger partial charge in [-0.25, -0.2) is 9.18 Å². The standard InChI is InChI=1S/C14H19FN2O/c1-10-5-7-17(8-6-10)14(18)16-12-3-4-13(15)11(2)9-12/h3-4,9-10H,5-8H2,1-2H3,(H,16,18). The van der Waals surface area contributed by atoms with Crippen molar-refractivity contribution >= 4 is 11.7 Å². The van der Waals surface area contributed by atoms with Crippen LogP contribution in [0.4, 0.5) is 14.9 Å². The lowest BCUT2D eigenvalue weighted by molar-refractivity contribution is 0.186. The summed E-state index contributed by atoms with van der Waals surface area (Å²) in [5.41, 5.74) is 1.19. The number of hydrogen-bond acceptors (Lipinski definition) is 1. The predicted octanol–water partition coefficient (Wildman–Crippen LogP) is 3.40. The summed E-state index contributed by atoms with van der Waals surface area (Å²) in [7, 11) is 0. The molecule has 3 nitrogen and oxygen atoms in total. The Morgan fingerprint density at radius 1 is 1.39 bits per heavy atom. The molecule has 1 aromatic rings. The molecule has 2 amide bonds. The largest absolute Gasteiger partial charge is 0.325 e. The van der Waals surface area contributed by atoms with Crippen LogP contribution in [-0.4, -0.2) is 24.0 Å². The fourth-order valence-corrected chi connectivity index (χ4v) is 2.14. The Labute approximate surface area is 107 Å². The molecule has 1 aliphatic rings. The van der Waals surface area contributed by atoms with Gasteiger partial charge in [-0.05, 0) is 49.4 Å². The summed E-state index contributed by atoms with van der Waals surface area (Å²) < 4.78 is 13.1. The smallest absolute Gasteiger partial charge is 0.321 e. The Kier molecular flexibility index (Phi) is 3.84. The lowest BCUT2D eigenvalue weighted by atomic mass is 10.00. The van der Waals surface area contributed by atoms with E-state index in [1.54, 1.807) is 19.1 Å². The first-order chi connectivity index (χ1) is 8.56. The van der Waals surface area contributed by atoms with Gasteiger partial charge in [0.2, 0.25) is 0 Å². The molecule has 0 spiro atoms. The zero-order chi connectivity index (χ0) is 13.1. The van der Waals surface area contributed by atoms with E-state index in [9.17, 15) is 9.18 Å². The molecule has 1 aromatic carbocycles. The van der Waals surface area contributed by atoms with E-state index in [1.807, 2.05) is 4.90 Å². The lowest BCUT2D eigenvalue weighted by Gasteiger charge is -2.30. The van der Waals surface area contributed by atoms with Gasteiger partial charge in [-0.1, -0.05) is 6.92 Å². The number of hydrogen-bond donors (Lipinski definition) is 1. The minimum absolute atomic E-state index is 0.0899. The van der Waals surface area contributed by atoms with Crippen molar-refractivity contribution in [3.8, 4) is 0 Å². The molecule has 0 radical (unpaired) electrons. The van der Waals surface area contributed by atoms with Gasteiger partial charge >= 0.3 is 6.03 Å². The summed E-state index contributed by atoms with van der Waals surface area (Å²) >= 11 is 0. The Hall–Kier alpha value is -1.58. The van der Waals surface area contributed by atoms with Crippen LogP contribution in [0.2, 0.25) is 0 Å². The van der Waals surface area contributed by atoms with Gasteiger partial charge in [0.05, 0.1) is 0 Å². The summed E-state index contributed by atoms with van der Waals surface area (Å²) in [6, 6.07) is 4.53. The van der Waals surface area contributed by atoms with Crippen LogP contribution in [0.15, 0.2) is 18.2 Å². The summed E-state index contributed by atoms with van der Waals surface area (Å²) in [6.45, 7) is 5.49. The lowest BCUT2D eigenvalue weighted by Crippen LogP contribution is -2.40. The number of carbonyl (C=O) groups excluding carboxylic acids is 1. The summed E-state index contributed by atoms with van der Waals surface area (Å²) in [4.78, 5) is 13.8. The molecule has 0 unspecified atom stereocenters. The number of halogens is 1. The molecule has 18 heavy (non-hydrogen) atoms. The number of anilines is 1. The number of nitrogens with one attached hydrogen (secondary N) is 1. The Morgan fingerprint density at radius 3 is 2.67 bits per heavy atom. The molecular weight excluding hydrogens is 231 g/mol. The van der Waals surface area contributed by atoms with Crippen molar-refractivity contribution in [3.05, 3.63) is 29.6 Å². The molecule has 1 aliphatic heterocycles. The van der Waals surface area contributed by atoms with Crippen LogP contribution in [0, 0.1) is 18.7 Å². The van der Waals surface area contributed by atoms with Gasteiger partial charge in [0, 0.05) is 18.8 Å². The van der Waals surface area contributed by atoms with E-state index in [4.69, 9.17) is 0 Å². The molecule has 0 saturated carbocycles. The van der Waals surface area contributed by atoms with Gasteiger partial charge < -0.3 is 10.2 Å². The van der Waals surface area contributed by atoms with Crippen molar-refractivity contribution in [2.75, 3.05) is 18.4 Å². The summed E-state index contributed by atoms with van der Waals surface area (Å²) in [5.74, 6) is 0.446. The molecule has 4 heteroatoms. The van der Waals surface area contributed by atoms with Crippen LogP contribution in [0.1, 0.15) is 25.3 Å². The van der Waals surface area contributed by atoms with Crippen molar-refractivity contribution in [2.24, 2.45) is 5.92 Å². The van der Waals surface area contributed by atoms with Crippen LogP contribution >= 0.6 is 0 Å². The SMILES string of the molecule is Cc1cc(NC(=O)N2CCC(C)CC2)ccc1F. The molecule has 0 aliphatic carbocycles. The fourth-order valence-electron chi connectivity index (χ4n) is 2.14. The van der Waals surface area contributed by atoms with E-state index in [-0.39, 0.29) is 11.8 Å². The second kappa shape index (κ2) is 5.38. The number of amides is 2. The number of carbonyl (C=O) groups is 1. The highest BCUT2D eigenvalue weighted by Gasteiger charge is 2.20. The minimum atomic E-state index is -0.250. The zero-order valence-corrected chi connectivity index (χ0v) is 10.9. The summed E-state index contributed by atoms with van der Waals surface area (Å²) in [5, 5.41) is 2.81. The molecule has 1 saturated heterocycles. The number of piperidine rings is 1. The Balaban J connectivity index is 1.96. The van der Waals surface area contributed by atoms with Crippen molar-refractivity contribution < 1.29 is 9.18 Å². The highest BCUT2D eigenvalue weighted by Crippen LogP contribution is 2.18. The molecule has 1 heterocycles. The van der Waals surface area contributed by atoms with Gasteiger partial charge in [0.15, 0.2) is 0 Å². The molecule has 98 valence electrons. The molecule has 0 bridgehead atoms. The van der Waals surface area contributed by atoms with Crippen molar-refractivity contribution in [1.29, 1.82) is 0 Å². The highest BCUT2D eigenvalue weighted by atomic mass is 19.1. The number of urea groups is 1. The number of nitrogens with zero attached hydrogens (tertiary/aromatic N) is 1. The minimum Gasteiger partial charge on any atom is -0.325 e. The van der Waals surface area contributed by atoms with Crippen LogP contribution in [0.3, 0.4) is 0 Å². The number of benzene rings is 1. The van der Waals surface area contributed by atoms with Crippen molar-refractivity contribution in [2.45, 2.75) is 26.7 Å².